The lowest BCUT2D eigenvalue weighted by Gasteiger charge is -2.36. The first kappa shape index (κ1) is 20.3. The molecule has 0 bridgehead atoms. The quantitative estimate of drug-likeness (QED) is 0.746. The van der Waals surface area contributed by atoms with Crippen molar-refractivity contribution in [2.75, 3.05) is 36.4 Å². The lowest BCUT2D eigenvalue weighted by molar-refractivity contribution is -0.130. The van der Waals surface area contributed by atoms with Gasteiger partial charge >= 0.3 is 0 Å². The predicted octanol–water partition coefficient (Wildman–Crippen LogP) is 1.39. The Bertz CT molecular complexity index is 940. The molecule has 4 rings (SSSR count). The Morgan fingerprint density at radius 3 is 2.60 bits per heavy atom. The minimum atomic E-state index is -0.524. The summed E-state index contributed by atoms with van der Waals surface area (Å²) in [7, 11) is 0. The number of nitrogens with zero attached hydrogens (tertiary/aromatic N) is 3. The molecule has 0 spiro atoms. The number of benzene rings is 1. The van der Waals surface area contributed by atoms with E-state index in [2.05, 4.69) is 20.5 Å². The van der Waals surface area contributed by atoms with Crippen molar-refractivity contribution in [1.29, 1.82) is 0 Å². The molecule has 10 heteroatoms. The fourth-order valence-electron chi connectivity index (χ4n) is 3.58. The molecule has 2 aromatic rings. The van der Waals surface area contributed by atoms with E-state index >= 15 is 0 Å². The number of amides is 3. The summed E-state index contributed by atoms with van der Waals surface area (Å²) in [6.45, 7) is 2.54. The van der Waals surface area contributed by atoms with Crippen LogP contribution in [0.4, 0.5) is 15.2 Å². The standard InChI is InChI=1S/C20H22FN5O3S/c21-13-1-3-15(4-2-13)25-7-9-26(10-8-25)18(28)11-14-12-30-20(22-14)24-19(29)16-5-6-17(27)23-16/h1-4,12,16H,5-11H2,(H,23,27)(H,22,24,29)/t16-/m1/s1. The molecule has 1 atom stereocenters. The largest absolute Gasteiger partial charge is 0.368 e. The van der Waals surface area contributed by atoms with Gasteiger partial charge in [0.1, 0.15) is 11.9 Å². The number of anilines is 2. The molecule has 30 heavy (non-hydrogen) atoms. The van der Waals surface area contributed by atoms with Gasteiger partial charge in [-0.1, -0.05) is 0 Å². The van der Waals surface area contributed by atoms with E-state index in [1.165, 1.54) is 23.5 Å². The van der Waals surface area contributed by atoms with Gasteiger partial charge in [0, 0.05) is 43.7 Å². The topological polar surface area (TPSA) is 94.6 Å². The van der Waals surface area contributed by atoms with Crippen LogP contribution in [0.25, 0.3) is 0 Å². The molecule has 0 aliphatic carbocycles. The first-order valence-corrected chi connectivity index (χ1v) is 10.7. The third kappa shape index (κ3) is 4.76. The molecule has 0 unspecified atom stereocenters. The summed E-state index contributed by atoms with van der Waals surface area (Å²) in [6, 6.07) is 5.84. The number of hydrogen-bond donors (Lipinski definition) is 2. The molecule has 1 aromatic carbocycles. The second-order valence-electron chi connectivity index (χ2n) is 7.31. The summed E-state index contributed by atoms with van der Waals surface area (Å²) in [5.41, 5.74) is 1.55. The van der Waals surface area contributed by atoms with E-state index in [1.807, 2.05) is 0 Å². The molecule has 0 radical (unpaired) electrons. The van der Waals surface area contributed by atoms with Crippen molar-refractivity contribution >= 4 is 39.9 Å². The van der Waals surface area contributed by atoms with E-state index in [9.17, 15) is 18.8 Å². The monoisotopic (exact) mass is 431 g/mol. The minimum Gasteiger partial charge on any atom is -0.368 e. The van der Waals surface area contributed by atoms with Gasteiger partial charge in [0.05, 0.1) is 12.1 Å². The molecule has 0 saturated carbocycles. The Balaban J connectivity index is 1.26. The molecular formula is C20H22FN5O3S. The van der Waals surface area contributed by atoms with Crippen LogP contribution in [-0.2, 0) is 20.8 Å². The predicted molar refractivity (Wildman–Crippen MR) is 111 cm³/mol. The van der Waals surface area contributed by atoms with Gasteiger partial charge in [-0.2, -0.15) is 0 Å². The van der Waals surface area contributed by atoms with E-state index in [1.54, 1.807) is 22.4 Å². The van der Waals surface area contributed by atoms with Crippen LogP contribution in [0.5, 0.6) is 0 Å². The zero-order chi connectivity index (χ0) is 21.1. The minimum absolute atomic E-state index is 0.0139. The molecule has 2 aliphatic heterocycles. The second kappa shape index (κ2) is 8.78. The summed E-state index contributed by atoms with van der Waals surface area (Å²) in [5, 5.41) is 7.50. The van der Waals surface area contributed by atoms with Crippen molar-refractivity contribution in [2.45, 2.75) is 25.3 Å². The summed E-state index contributed by atoms with van der Waals surface area (Å²) in [5.74, 6) is -0.690. The van der Waals surface area contributed by atoms with Crippen molar-refractivity contribution in [3.8, 4) is 0 Å². The Morgan fingerprint density at radius 2 is 1.93 bits per heavy atom. The number of nitrogens with one attached hydrogen (secondary N) is 2. The van der Waals surface area contributed by atoms with Gasteiger partial charge in [-0.3, -0.25) is 14.4 Å². The fraction of sp³-hybridized carbons (Fsp3) is 0.400. The molecule has 3 amide bonds. The SMILES string of the molecule is O=C1CC[C@H](C(=O)Nc2nc(CC(=O)N3CCN(c4ccc(F)cc4)CC3)cs2)N1. The highest BCUT2D eigenvalue weighted by Gasteiger charge is 2.28. The molecule has 158 valence electrons. The highest BCUT2D eigenvalue weighted by atomic mass is 32.1. The van der Waals surface area contributed by atoms with Gasteiger partial charge in [0.2, 0.25) is 17.7 Å². The van der Waals surface area contributed by atoms with Gasteiger partial charge in [-0.05, 0) is 30.7 Å². The van der Waals surface area contributed by atoms with Crippen LogP contribution in [0.3, 0.4) is 0 Å². The number of carbonyl (C=O) groups is 3. The Hall–Kier alpha value is -3.01. The van der Waals surface area contributed by atoms with E-state index in [4.69, 9.17) is 0 Å². The zero-order valence-corrected chi connectivity index (χ0v) is 17.1. The smallest absolute Gasteiger partial charge is 0.248 e. The maximum atomic E-state index is 13.1. The first-order chi connectivity index (χ1) is 14.5. The van der Waals surface area contributed by atoms with Crippen molar-refractivity contribution in [3.05, 3.63) is 41.2 Å². The molecule has 1 aromatic heterocycles. The lowest BCUT2D eigenvalue weighted by atomic mass is 10.2. The fourth-order valence-corrected chi connectivity index (χ4v) is 4.29. The molecule has 2 saturated heterocycles. The van der Waals surface area contributed by atoms with Crippen molar-refractivity contribution in [2.24, 2.45) is 0 Å². The average Bonchev–Trinajstić information content (AvgIpc) is 3.37. The van der Waals surface area contributed by atoms with Crippen LogP contribution in [0, 0.1) is 5.82 Å². The van der Waals surface area contributed by atoms with E-state index < -0.39 is 6.04 Å². The number of hydrogen-bond acceptors (Lipinski definition) is 6. The molecular weight excluding hydrogens is 409 g/mol. The van der Waals surface area contributed by atoms with E-state index in [0.29, 0.717) is 49.8 Å². The lowest BCUT2D eigenvalue weighted by Crippen LogP contribution is -2.49. The van der Waals surface area contributed by atoms with Crippen LogP contribution < -0.4 is 15.5 Å². The number of piperazine rings is 1. The van der Waals surface area contributed by atoms with Crippen LogP contribution in [0.15, 0.2) is 29.6 Å². The zero-order valence-electron chi connectivity index (χ0n) is 16.3. The molecule has 2 fully saturated rings. The number of halogens is 1. The van der Waals surface area contributed by atoms with Gasteiger partial charge < -0.3 is 20.4 Å². The number of thiazole rings is 1. The van der Waals surface area contributed by atoms with Gasteiger partial charge in [-0.15, -0.1) is 11.3 Å². The maximum Gasteiger partial charge on any atom is 0.248 e. The third-order valence-corrected chi connectivity index (χ3v) is 6.06. The van der Waals surface area contributed by atoms with Gasteiger partial charge in [0.15, 0.2) is 5.13 Å². The Kier molecular flexibility index (Phi) is 5.93. The first-order valence-electron chi connectivity index (χ1n) is 9.81. The van der Waals surface area contributed by atoms with Crippen LogP contribution in [0.2, 0.25) is 0 Å². The highest BCUT2D eigenvalue weighted by molar-refractivity contribution is 7.13. The van der Waals surface area contributed by atoms with Crippen LogP contribution in [-0.4, -0.2) is 59.8 Å². The summed E-state index contributed by atoms with van der Waals surface area (Å²) in [4.78, 5) is 44.3. The van der Waals surface area contributed by atoms with E-state index in [0.717, 1.165) is 5.69 Å². The number of carbonyl (C=O) groups excluding carboxylic acids is 3. The Morgan fingerprint density at radius 1 is 1.20 bits per heavy atom. The van der Waals surface area contributed by atoms with Crippen molar-refractivity contribution in [3.63, 3.8) is 0 Å². The molecule has 2 aliphatic rings. The normalized spacial score (nSPS) is 19.0. The van der Waals surface area contributed by atoms with E-state index in [-0.39, 0.29) is 30.0 Å². The van der Waals surface area contributed by atoms with Crippen molar-refractivity contribution in [1.82, 2.24) is 15.2 Å². The molecule has 2 N–H and O–H groups in total. The number of aromatic nitrogens is 1. The van der Waals surface area contributed by atoms with Gasteiger partial charge in [0.25, 0.3) is 0 Å². The van der Waals surface area contributed by atoms with Crippen LogP contribution in [0.1, 0.15) is 18.5 Å². The van der Waals surface area contributed by atoms with Crippen molar-refractivity contribution < 1.29 is 18.8 Å². The summed E-state index contributed by atoms with van der Waals surface area (Å²) < 4.78 is 13.1. The summed E-state index contributed by atoms with van der Waals surface area (Å²) >= 11 is 1.26. The maximum absolute atomic E-state index is 13.1. The highest BCUT2D eigenvalue weighted by Crippen LogP contribution is 2.20. The second-order valence-corrected chi connectivity index (χ2v) is 8.17. The van der Waals surface area contributed by atoms with Gasteiger partial charge in [-0.25, -0.2) is 9.37 Å². The third-order valence-electron chi connectivity index (χ3n) is 5.25. The average molecular weight is 431 g/mol. The van der Waals surface area contributed by atoms with Crippen LogP contribution >= 0.6 is 11.3 Å². The molecule has 8 nitrogen and oxygen atoms in total. The number of rotatable bonds is 5. The molecule has 3 heterocycles. The summed E-state index contributed by atoms with van der Waals surface area (Å²) in [6.07, 6.45) is 0.999. The Labute approximate surface area is 177 Å².